The summed E-state index contributed by atoms with van der Waals surface area (Å²) >= 11 is 5.78. The first-order valence-corrected chi connectivity index (χ1v) is 7.19. The van der Waals surface area contributed by atoms with Crippen molar-refractivity contribution in [2.24, 2.45) is 0 Å². The topological polar surface area (TPSA) is 52.5 Å². The van der Waals surface area contributed by atoms with Gasteiger partial charge in [0.05, 0.1) is 16.7 Å². The van der Waals surface area contributed by atoms with Crippen LogP contribution in [0.4, 0.5) is 13.2 Å². The van der Waals surface area contributed by atoms with Crippen molar-refractivity contribution in [3.05, 3.63) is 64.2 Å². The maximum Gasteiger partial charge on any atom is 0.416 e. The van der Waals surface area contributed by atoms with Crippen LogP contribution in [-0.2, 0) is 12.7 Å². The SMILES string of the molecule is Oc1c(Cl)cccc1CNCC(O)c1cccc(C(F)(F)F)c1. The number of aliphatic hydroxyl groups excluding tert-OH is 1. The maximum absolute atomic E-state index is 12.6. The number of hydrogen-bond acceptors (Lipinski definition) is 3. The molecule has 0 radical (unpaired) electrons. The normalized spacial score (nSPS) is 13.1. The van der Waals surface area contributed by atoms with Crippen molar-refractivity contribution < 1.29 is 23.4 Å². The molecule has 0 aromatic heterocycles. The second-order valence-electron chi connectivity index (χ2n) is 5.02. The second-order valence-corrected chi connectivity index (χ2v) is 5.42. The van der Waals surface area contributed by atoms with E-state index in [2.05, 4.69) is 5.32 Å². The molecule has 0 amide bonds. The van der Waals surface area contributed by atoms with Crippen LogP contribution in [0.25, 0.3) is 0 Å². The van der Waals surface area contributed by atoms with Crippen LogP contribution in [0.5, 0.6) is 5.75 Å². The van der Waals surface area contributed by atoms with E-state index in [1.807, 2.05) is 0 Å². The lowest BCUT2D eigenvalue weighted by Crippen LogP contribution is -2.21. The largest absolute Gasteiger partial charge is 0.506 e. The predicted octanol–water partition coefficient (Wildman–Crippen LogP) is 3.89. The zero-order valence-electron chi connectivity index (χ0n) is 11.9. The van der Waals surface area contributed by atoms with Crippen molar-refractivity contribution in [3.63, 3.8) is 0 Å². The van der Waals surface area contributed by atoms with Gasteiger partial charge in [-0.15, -0.1) is 0 Å². The molecule has 3 nitrogen and oxygen atoms in total. The highest BCUT2D eigenvalue weighted by atomic mass is 35.5. The van der Waals surface area contributed by atoms with Gasteiger partial charge in [-0.1, -0.05) is 35.9 Å². The molecule has 1 atom stereocenters. The Kier molecular flexibility index (Phi) is 5.51. The molecule has 0 spiro atoms. The molecule has 1 unspecified atom stereocenters. The van der Waals surface area contributed by atoms with Crippen LogP contribution in [0, 0.1) is 0 Å². The zero-order chi connectivity index (χ0) is 17.0. The third-order valence-electron chi connectivity index (χ3n) is 3.32. The fourth-order valence-corrected chi connectivity index (χ4v) is 2.28. The third-order valence-corrected chi connectivity index (χ3v) is 3.63. The van der Waals surface area contributed by atoms with Gasteiger partial charge in [0.1, 0.15) is 5.75 Å². The number of halogens is 4. The molecule has 3 N–H and O–H groups in total. The number of aliphatic hydroxyl groups is 1. The molecule has 0 aliphatic rings. The molecule has 0 saturated heterocycles. The Morgan fingerprint density at radius 1 is 1.13 bits per heavy atom. The lowest BCUT2D eigenvalue weighted by molar-refractivity contribution is -0.137. The van der Waals surface area contributed by atoms with E-state index in [9.17, 15) is 23.4 Å². The van der Waals surface area contributed by atoms with Gasteiger partial charge in [0, 0.05) is 18.7 Å². The minimum Gasteiger partial charge on any atom is -0.506 e. The average molecular weight is 346 g/mol. The maximum atomic E-state index is 12.6. The Bertz CT molecular complexity index is 677. The van der Waals surface area contributed by atoms with Gasteiger partial charge in [0.15, 0.2) is 0 Å². The zero-order valence-corrected chi connectivity index (χ0v) is 12.7. The Labute approximate surface area is 136 Å². The van der Waals surface area contributed by atoms with E-state index in [0.717, 1.165) is 12.1 Å². The molecule has 0 aliphatic heterocycles. The molecule has 0 saturated carbocycles. The summed E-state index contributed by atoms with van der Waals surface area (Å²) in [7, 11) is 0. The number of alkyl halides is 3. The molecule has 0 fully saturated rings. The van der Waals surface area contributed by atoms with E-state index in [4.69, 9.17) is 11.6 Å². The minimum absolute atomic E-state index is 0.0350. The van der Waals surface area contributed by atoms with E-state index in [0.29, 0.717) is 5.56 Å². The first-order valence-electron chi connectivity index (χ1n) is 6.81. The lowest BCUT2D eigenvalue weighted by atomic mass is 10.1. The minimum atomic E-state index is -4.45. The predicted molar refractivity (Wildman–Crippen MR) is 81.2 cm³/mol. The highest BCUT2D eigenvalue weighted by Gasteiger charge is 2.30. The number of hydrogen-bond donors (Lipinski definition) is 3. The number of phenolic OH excluding ortho intramolecular Hbond substituents is 1. The van der Waals surface area contributed by atoms with Crippen molar-refractivity contribution in [1.29, 1.82) is 0 Å². The molecule has 0 bridgehead atoms. The monoisotopic (exact) mass is 345 g/mol. The van der Waals surface area contributed by atoms with Crippen molar-refractivity contribution in [2.75, 3.05) is 6.54 Å². The first-order chi connectivity index (χ1) is 10.8. The van der Waals surface area contributed by atoms with E-state index in [1.165, 1.54) is 18.2 Å². The third kappa shape index (κ3) is 4.60. The Morgan fingerprint density at radius 2 is 1.83 bits per heavy atom. The van der Waals surface area contributed by atoms with Crippen molar-refractivity contribution in [3.8, 4) is 5.75 Å². The molecule has 7 heteroatoms. The summed E-state index contributed by atoms with van der Waals surface area (Å²) in [4.78, 5) is 0. The number of aromatic hydroxyl groups is 1. The fourth-order valence-electron chi connectivity index (χ4n) is 2.09. The van der Waals surface area contributed by atoms with Crippen molar-refractivity contribution in [1.82, 2.24) is 5.32 Å². The van der Waals surface area contributed by atoms with Gasteiger partial charge >= 0.3 is 6.18 Å². The summed E-state index contributed by atoms with van der Waals surface area (Å²) in [6.45, 7) is 0.260. The van der Waals surface area contributed by atoms with Gasteiger partial charge in [-0.25, -0.2) is 0 Å². The molecule has 0 aliphatic carbocycles. The molecule has 0 heterocycles. The number of benzene rings is 2. The van der Waals surface area contributed by atoms with E-state index in [1.54, 1.807) is 12.1 Å². The van der Waals surface area contributed by atoms with Gasteiger partial charge in [-0.3, -0.25) is 0 Å². The van der Waals surface area contributed by atoms with Crippen molar-refractivity contribution >= 4 is 11.6 Å². The van der Waals surface area contributed by atoms with E-state index < -0.39 is 17.8 Å². The van der Waals surface area contributed by atoms with E-state index >= 15 is 0 Å². The second kappa shape index (κ2) is 7.21. The Morgan fingerprint density at radius 3 is 2.52 bits per heavy atom. The van der Waals surface area contributed by atoms with Gasteiger partial charge in [0.25, 0.3) is 0 Å². The number of nitrogens with one attached hydrogen (secondary N) is 1. The van der Waals surface area contributed by atoms with Crippen LogP contribution in [0.2, 0.25) is 5.02 Å². The van der Waals surface area contributed by atoms with Crippen LogP contribution in [0.15, 0.2) is 42.5 Å². The highest BCUT2D eigenvalue weighted by molar-refractivity contribution is 6.32. The molecule has 2 aromatic rings. The average Bonchev–Trinajstić information content (AvgIpc) is 2.50. The summed E-state index contributed by atoms with van der Waals surface area (Å²) in [5, 5.41) is 22.8. The molecule has 23 heavy (non-hydrogen) atoms. The fraction of sp³-hybridized carbons (Fsp3) is 0.250. The van der Waals surface area contributed by atoms with Crippen LogP contribution >= 0.6 is 11.6 Å². The molecular formula is C16H15ClF3NO2. The smallest absolute Gasteiger partial charge is 0.416 e. The van der Waals surface area contributed by atoms with Crippen molar-refractivity contribution in [2.45, 2.75) is 18.8 Å². The van der Waals surface area contributed by atoms with Gasteiger partial charge < -0.3 is 15.5 Å². The Balaban J connectivity index is 1.97. The number of phenols is 1. The standard InChI is InChI=1S/C16H15ClF3NO2/c17-13-6-2-4-11(15(13)23)8-21-9-14(22)10-3-1-5-12(7-10)16(18,19)20/h1-7,14,21-23H,8-9H2. The number of rotatable bonds is 5. The van der Waals surface area contributed by atoms with Gasteiger partial charge in [-0.2, -0.15) is 13.2 Å². The summed E-state index contributed by atoms with van der Waals surface area (Å²) in [6.07, 6.45) is -5.55. The summed E-state index contributed by atoms with van der Waals surface area (Å²) in [5.41, 5.74) is -0.0991. The molecule has 124 valence electrons. The molecular weight excluding hydrogens is 331 g/mol. The summed E-state index contributed by atoms with van der Waals surface area (Å²) in [5.74, 6) is -0.0600. The summed E-state index contributed by atoms with van der Waals surface area (Å²) < 4.78 is 37.9. The lowest BCUT2D eigenvalue weighted by Gasteiger charge is -2.15. The molecule has 2 aromatic carbocycles. The highest BCUT2D eigenvalue weighted by Crippen LogP contribution is 2.31. The molecule has 2 rings (SSSR count). The van der Waals surface area contributed by atoms with Gasteiger partial charge in [0.2, 0.25) is 0 Å². The Hall–Kier alpha value is -1.76. The van der Waals surface area contributed by atoms with Gasteiger partial charge in [-0.05, 0) is 23.8 Å². The van der Waals surface area contributed by atoms with E-state index in [-0.39, 0.29) is 29.4 Å². The quantitative estimate of drug-likeness (QED) is 0.770. The first kappa shape index (κ1) is 17.6. The van der Waals surface area contributed by atoms with Crippen LogP contribution < -0.4 is 5.32 Å². The van der Waals surface area contributed by atoms with Crippen LogP contribution in [-0.4, -0.2) is 16.8 Å². The van der Waals surface area contributed by atoms with Crippen LogP contribution in [0.3, 0.4) is 0 Å². The number of para-hydroxylation sites is 1. The summed E-state index contributed by atoms with van der Waals surface area (Å²) in [6, 6.07) is 9.42. The van der Waals surface area contributed by atoms with Crippen LogP contribution in [0.1, 0.15) is 22.8 Å².